The van der Waals surface area contributed by atoms with E-state index in [2.05, 4.69) is 33.0 Å². The standard InChI is InChI=1S/C37H45N5O6/c1-26-37(46)41(2)30(22-27-9-4-3-5-10-27)25-48-33-14-7-6-13-31(33)35(44)40-32(15-16-34(43)39-26)36(45)38-23-28-11-8-12-29(21-28)24-42-17-19-47-20-18-42/h3-14,21,26,30,32H,15-20,22-25H2,1-2H3,(H,38,45)(H,39,43)(H,40,44)/t26-,30+,32-/m0/s1. The Hall–Kier alpha value is -4.74. The van der Waals surface area contributed by atoms with E-state index in [0.29, 0.717) is 12.2 Å². The summed E-state index contributed by atoms with van der Waals surface area (Å²) >= 11 is 0. The van der Waals surface area contributed by atoms with Crippen LogP contribution in [0, 0.1) is 0 Å². The van der Waals surface area contributed by atoms with Crippen molar-refractivity contribution in [3.8, 4) is 5.75 Å². The van der Waals surface area contributed by atoms with Crippen LogP contribution in [-0.2, 0) is 38.6 Å². The second-order valence-corrected chi connectivity index (χ2v) is 12.4. The van der Waals surface area contributed by atoms with E-state index in [1.807, 2.05) is 42.5 Å². The van der Waals surface area contributed by atoms with E-state index >= 15 is 0 Å². The average molecular weight is 656 g/mol. The number of carbonyl (C=O) groups is 4. The Morgan fingerprint density at radius 2 is 1.60 bits per heavy atom. The molecule has 0 spiro atoms. The van der Waals surface area contributed by atoms with Crippen LogP contribution < -0.4 is 20.7 Å². The van der Waals surface area contributed by atoms with Crippen LogP contribution in [0.25, 0.3) is 0 Å². The molecular weight excluding hydrogens is 610 g/mol. The number of carbonyl (C=O) groups excluding carboxylic acids is 4. The number of rotatable bonds is 7. The van der Waals surface area contributed by atoms with Gasteiger partial charge in [0.15, 0.2) is 0 Å². The van der Waals surface area contributed by atoms with Crippen LogP contribution in [0.1, 0.15) is 46.8 Å². The number of hydrogen-bond donors (Lipinski definition) is 3. The van der Waals surface area contributed by atoms with Gasteiger partial charge in [-0.2, -0.15) is 0 Å². The maximum absolute atomic E-state index is 13.6. The lowest BCUT2D eigenvalue weighted by Crippen LogP contribution is -2.51. The molecule has 0 aliphatic carbocycles. The molecule has 3 aromatic carbocycles. The predicted octanol–water partition coefficient (Wildman–Crippen LogP) is 2.68. The smallest absolute Gasteiger partial charge is 0.255 e. The molecule has 3 N–H and O–H groups in total. The van der Waals surface area contributed by atoms with Gasteiger partial charge in [-0.05, 0) is 48.6 Å². The van der Waals surface area contributed by atoms with Crippen molar-refractivity contribution in [2.24, 2.45) is 0 Å². The SMILES string of the molecule is C[C@@H]1NC(=O)CC[C@@H](C(=O)NCc2cccc(CN3CCOCC3)c2)NC(=O)c2ccccc2OC[C@@H](Cc2ccccc2)N(C)C1=O. The Bertz CT molecular complexity index is 1560. The number of nitrogens with one attached hydrogen (secondary N) is 3. The maximum Gasteiger partial charge on any atom is 0.255 e. The van der Waals surface area contributed by atoms with Gasteiger partial charge in [-0.15, -0.1) is 0 Å². The van der Waals surface area contributed by atoms with Crippen molar-refractivity contribution in [2.75, 3.05) is 40.0 Å². The largest absolute Gasteiger partial charge is 0.491 e. The summed E-state index contributed by atoms with van der Waals surface area (Å²) in [4.78, 5) is 57.6. The molecule has 0 aromatic heterocycles. The Morgan fingerprint density at radius 3 is 2.40 bits per heavy atom. The first-order chi connectivity index (χ1) is 23.3. The van der Waals surface area contributed by atoms with E-state index in [4.69, 9.17) is 9.47 Å². The van der Waals surface area contributed by atoms with E-state index in [1.54, 1.807) is 43.1 Å². The van der Waals surface area contributed by atoms with Crippen molar-refractivity contribution in [2.45, 2.75) is 57.4 Å². The van der Waals surface area contributed by atoms with E-state index in [9.17, 15) is 19.2 Å². The van der Waals surface area contributed by atoms with Crippen LogP contribution in [0.5, 0.6) is 5.75 Å². The van der Waals surface area contributed by atoms with E-state index in [-0.39, 0.29) is 43.5 Å². The Labute approximate surface area is 282 Å². The van der Waals surface area contributed by atoms with Gasteiger partial charge in [0.1, 0.15) is 24.4 Å². The minimum atomic E-state index is -1.00. The molecule has 4 amide bonds. The summed E-state index contributed by atoms with van der Waals surface area (Å²) in [5.41, 5.74) is 3.34. The van der Waals surface area contributed by atoms with Crippen molar-refractivity contribution in [3.63, 3.8) is 0 Å². The number of amides is 4. The van der Waals surface area contributed by atoms with Crippen LogP contribution in [0.3, 0.4) is 0 Å². The third-order valence-corrected chi connectivity index (χ3v) is 8.77. The number of benzene rings is 3. The van der Waals surface area contributed by atoms with Crippen LogP contribution >= 0.6 is 0 Å². The monoisotopic (exact) mass is 655 g/mol. The molecule has 2 aliphatic heterocycles. The number of para-hydroxylation sites is 1. The molecule has 0 bridgehead atoms. The molecule has 11 nitrogen and oxygen atoms in total. The fourth-order valence-corrected chi connectivity index (χ4v) is 5.97. The van der Waals surface area contributed by atoms with Gasteiger partial charge in [0.05, 0.1) is 24.8 Å². The van der Waals surface area contributed by atoms with Crippen molar-refractivity contribution < 1.29 is 28.7 Å². The second-order valence-electron chi connectivity index (χ2n) is 12.4. The fraction of sp³-hybridized carbons (Fsp3) is 0.405. The summed E-state index contributed by atoms with van der Waals surface area (Å²) in [7, 11) is 1.69. The van der Waals surface area contributed by atoms with E-state index in [0.717, 1.165) is 49.5 Å². The summed E-state index contributed by atoms with van der Waals surface area (Å²) < 4.78 is 11.7. The van der Waals surface area contributed by atoms with Gasteiger partial charge >= 0.3 is 0 Å². The first-order valence-electron chi connectivity index (χ1n) is 16.5. The van der Waals surface area contributed by atoms with Gasteiger partial charge in [0.2, 0.25) is 17.7 Å². The number of morpholine rings is 1. The number of likely N-dealkylation sites (N-methyl/N-ethyl adjacent to an activating group) is 1. The molecule has 2 aliphatic rings. The van der Waals surface area contributed by atoms with E-state index < -0.39 is 29.8 Å². The lowest BCUT2D eigenvalue weighted by molar-refractivity contribution is -0.137. The number of ether oxygens (including phenoxy) is 2. The molecule has 48 heavy (non-hydrogen) atoms. The summed E-state index contributed by atoms with van der Waals surface area (Å²) in [6.45, 7) is 6.00. The molecule has 0 saturated carbocycles. The van der Waals surface area contributed by atoms with Gasteiger partial charge in [0.25, 0.3) is 5.91 Å². The molecule has 5 rings (SSSR count). The molecule has 254 valence electrons. The highest BCUT2D eigenvalue weighted by Crippen LogP contribution is 2.21. The fourth-order valence-electron chi connectivity index (χ4n) is 5.97. The Balaban J connectivity index is 1.32. The van der Waals surface area contributed by atoms with Crippen molar-refractivity contribution in [1.29, 1.82) is 0 Å². The average Bonchev–Trinajstić information content (AvgIpc) is 3.11. The van der Waals surface area contributed by atoms with Crippen LogP contribution in [-0.4, -0.2) is 91.5 Å². The lowest BCUT2D eigenvalue weighted by Gasteiger charge is -2.31. The Morgan fingerprint density at radius 1 is 0.896 bits per heavy atom. The maximum atomic E-state index is 13.6. The summed E-state index contributed by atoms with van der Waals surface area (Å²) in [6.07, 6.45) is 0.480. The quantitative estimate of drug-likeness (QED) is 0.357. The van der Waals surface area contributed by atoms with Crippen molar-refractivity contribution in [1.82, 2.24) is 25.8 Å². The van der Waals surface area contributed by atoms with Crippen molar-refractivity contribution in [3.05, 3.63) is 101 Å². The summed E-state index contributed by atoms with van der Waals surface area (Å²) in [5, 5.41) is 8.55. The van der Waals surface area contributed by atoms with Gasteiger partial charge in [0, 0.05) is 39.6 Å². The first kappa shape index (κ1) is 34.6. The second kappa shape index (κ2) is 16.9. The molecule has 2 heterocycles. The van der Waals surface area contributed by atoms with Gasteiger partial charge in [-0.25, -0.2) is 0 Å². The zero-order valence-corrected chi connectivity index (χ0v) is 27.7. The van der Waals surface area contributed by atoms with Gasteiger partial charge in [-0.3, -0.25) is 24.1 Å². The number of hydrogen-bond acceptors (Lipinski definition) is 7. The molecule has 1 saturated heterocycles. The lowest BCUT2D eigenvalue weighted by atomic mass is 10.0. The van der Waals surface area contributed by atoms with E-state index in [1.165, 1.54) is 0 Å². The third kappa shape index (κ3) is 9.65. The topological polar surface area (TPSA) is 129 Å². The van der Waals surface area contributed by atoms with Crippen molar-refractivity contribution >= 4 is 23.6 Å². The highest BCUT2D eigenvalue weighted by molar-refractivity contribution is 5.99. The minimum Gasteiger partial charge on any atom is -0.491 e. The molecule has 11 heteroatoms. The molecule has 0 unspecified atom stereocenters. The van der Waals surface area contributed by atoms with Crippen LogP contribution in [0.15, 0.2) is 78.9 Å². The molecule has 1 fully saturated rings. The third-order valence-electron chi connectivity index (χ3n) is 8.77. The Kier molecular flexibility index (Phi) is 12.2. The highest BCUT2D eigenvalue weighted by atomic mass is 16.5. The summed E-state index contributed by atoms with van der Waals surface area (Å²) in [5.74, 6) is -1.23. The van der Waals surface area contributed by atoms with Gasteiger partial charge in [-0.1, -0.05) is 66.7 Å². The highest BCUT2D eigenvalue weighted by Gasteiger charge is 2.29. The number of nitrogens with zero attached hydrogens (tertiary/aromatic N) is 2. The predicted molar refractivity (Wildman–Crippen MR) is 181 cm³/mol. The molecule has 3 aromatic rings. The van der Waals surface area contributed by atoms with Crippen LogP contribution in [0.2, 0.25) is 0 Å². The van der Waals surface area contributed by atoms with Gasteiger partial charge < -0.3 is 30.3 Å². The normalized spacial score (nSPS) is 21.5. The molecule has 3 atom stereocenters. The van der Waals surface area contributed by atoms with Crippen LogP contribution in [0.4, 0.5) is 0 Å². The zero-order chi connectivity index (χ0) is 33.9. The summed E-state index contributed by atoms with van der Waals surface area (Å²) in [6, 6.07) is 22.4. The zero-order valence-electron chi connectivity index (χ0n) is 27.7. The number of fused-ring (bicyclic) bond motifs is 1. The first-order valence-corrected chi connectivity index (χ1v) is 16.5. The molecular formula is C37H45N5O6. The minimum absolute atomic E-state index is 0.0386. The molecule has 0 radical (unpaired) electrons.